The molecule has 0 aliphatic heterocycles. The minimum absolute atomic E-state index is 0.00471. The maximum absolute atomic E-state index is 14.3. The lowest BCUT2D eigenvalue weighted by Crippen LogP contribution is -2.54. The molecule has 0 saturated heterocycles. The Morgan fingerprint density at radius 3 is 2.26 bits per heavy atom. The van der Waals surface area contributed by atoms with Crippen LogP contribution >= 0.6 is 34.8 Å². The highest BCUT2D eigenvalue weighted by Crippen LogP contribution is 2.33. The largest absolute Gasteiger partial charge is 0.495 e. The van der Waals surface area contributed by atoms with E-state index in [-0.39, 0.29) is 41.4 Å². The smallest absolute Gasteiger partial charge is 0.244 e. The number of amides is 2. The van der Waals surface area contributed by atoms with E-state index in [2.05, 4.69) is 5.32 Å². The number of rotatable bonds is 12. The second kappa shape index (κ2) is 14.7. The Bertz CT molecular complexity index is 1550. The van der Waals surface area contributed by atoms with E-state index in [4.69, 9.17) is 39.5 Å². The molecule has 12 heteroatoms. The molecule has 43 heavy (non-hydrogen) atoms. The Morgan fingerprint density at radius 1 is 0.977 bits per heavy atom. The zero-order chi connectivity index (χ0) is 31.1. The van der Waals surface area contributed by atoms with Gasteiger partial charge in [0.2, 0.25) is 21.8 Å². The number of sulfonamides is 1. The Kier molecular flexibility index (Phi) is 11.2. The third kappa shape index (κ3) is 8.79. The fourth-order valence-corrected chi connectivity index (χ4v) is 6.69. The highest BCUT2D eigenvalue weighted by molar-refractivity contribution is 7.92. The molecule has 1 aliphatic carbocycles. The lowest BCUT2D eigenvalue weighted by Gasteiger charge is -2.34. The molecule has 8 nitrogen and oxygen atoms in total. The Balaban J connectivity index is 1.78. The molecule has 1 aliphatic rings. The Morgan fingerprint density at radius 2 is 1.63 bits per heavy atom. The molecule has 0 radical (unpaired) electrons. The van der Waals surface area contributed by atoms with Crippen LogP contribution < -0.4 is 14.4 Å². The second-order valence-electron chi connectivity index (χ2n) is 10.5. The van der Waals surface area contributed by atoms with Gasteiger partial charge in [-0.25, -0.2) is 8.42 Å². The van der Waals surface area contributed by atoms with Gasteiger partial charge >= 0.3 is 0 Å². The molecule has 3 aromatic rings. The molecule has 1 atom stereocenters. The van der Waals surface area contributed by atoms with Crippen molar-refractivity contribution in [3.8, 4) is 5.75 Å². The average Bonchev–Trinajstić information content (AvgIpc) is 3.47. The monoisotopic (exact) mass is 665 g/mol. The number of methoxy groups -OCH3 is 1. The van der Waals surface area contributed by atoms with Crippen molar-refractivity contribution in [3.63, 3.8) is 0 Å². The van der Waals surface area contributed by atoms with Crippen LogP contribution in [0.15, 0.2) is 66.7 Å². The molecule has 2 amide bonds. The molecule has 0 aromatic heterocycles. The van der Waals surface area contributed by atoms with Crippen LogP contribution in [0.3, 0.4) is 0 Å². The summed E-state index contributed by atoms with van der Waals surface area (Å²) in [5.74, 6) is -0.712. The predicted octanol–water partition coefficient (Wildman–Crippen LogP) is 6.12. The SMILES string of the molecule is COc1ccc(Cl)cc1N(CC(=O)N(Cc1ccc(Cl)cc1Cl)C(Cc1ccccc1)C(=O)NC1CCCC1)S(C)(=O)=O. The minimum Gasteiger partial charge on any atom is -0.495 e. The summed E-state index contributed by atoms with van der Waals surface area (Å²) >= 11 is 18.9. The first kappa shape index (κ1) is 32.9. The lowest BCUT2D eigenvalue weighted by molar-refractivity contribution is -0.140. The number of carbonyl (C=O) groups excluding carboxylic acids is 2. The molecule has 1 saturated carbocycles. The summed E-state index contributed by atoms with van der Waals surface area (Å²) < 4.78 is 32.5. The van der Waals surface area contributed by atoms with E-state index >= 15 is 0 Å². The molecule has 1 N–H and O–H groups in total. The maximum Gasteiger partial charge on any atom is 0.244 e. The van der Waals surface area contributed by atoms with Crippen molar-refractivity contribution in [1.29, 1.82) is 0 Å². The third-order valence-electron chi connectivity index (χ3n) is 7.42. The summed E-state index contributed by atoms with van der Waals surface area (Å²) in [6.07, 6.45) is 4.95. The summed E-state index contributed by atoms with van der Waals surface area (Å²) in [6.45, 7) is -0.669. The minimum atomic E-state index is -4.00. The summed E-state index contributed by atoms with van der Waals surface area (Å²) in [4.78, 5) is 29.6. The first-order valence-corrected chi connectivity index (χ1v) is 16.8. The first-order valence-electron chi connectivity index (χ1n) is 13.8. The standard InChI is InChI=1S/C31H34Cl3N3O5S/c1-42-29-15-14-24(33)18-27(29)37(43(2,40)41)20-30(38)36(19-22-12-13-23(32)17-26(22)34)28(16-21-8-4-3-5-9-21)31(39)35-25-10-6-7-11-25/h3-5,8-9,12-15,17-18,25,28H,6-7,10-11,16,19-20H2,1-2H3,(H,35,39). The molecule has 1 unspecified atom stereocenters. The number of nitrogens with one attached hydrogen (secondary N) is 1. The number of benzene rings is 3. The van der Waals surface area contributed by atoms with Gasteiger partial charge in [-0.1, -0.05) is 84.0 Å². The molecule has 0 spiro atoms. The van der Waals surface area contributed by atoms with Gasteiger partial charge in [0.15, 0.2) is 0 Å². The van der Waals surface area contributed by atoms with Crippen LogP contribution in [0.1, 0.15) is 36.8 Å². The van der Waals surface area contributed by atoms with Crippen LogP contribution in [0.25, 0.3) is 0 Å². The fourth-order valence-electron chi connectivity index (χ4n) is 5.21. The van der Waals surface area contributed by atoms with E-state index in [1.807, 2.05) is 30.3 Å². The number of anilines is 1. The normalized spacial score (nSPS) is 14.3. The third-order valence-corrected chi connectivity index (χ3v) is 9.37. The highest BCUT2D eigenvalue weighted by Gasteiger charge is 2.35. The molecule has 0 heterocycles. The van der Waals surface area contributed by atoms with Crippen molar-refractivity contribution < 1.29 is 22.7 Å². The molecule has 1 fully saturated rings. The van der Waals surface area contributed by atoms with Gasteiger partial charge in [0, 0.05) is 34.1 Å². The number of carbonyl (C=O) groups is 2. The van der Waals surface area contributed by atoms with Crippen LogP contribution in [0.2, 0.25) is 15.1 Å². The molecule has 4 rings (SSSR count). The van der Waals surface area contributed by atoms with Crippen molar-refractivity contribution in [2.24, 2.45) is 0 Å². The summed E-state index contributed by atoms with van der Waals surface area (Å²) in [5.41, 5.74) is 1.49. The van der Waals surface area contributed by atoms with Gasteiger partial charge in [-0.05, 0) is 54.3 Å². The first-order chi connectivity index (χ1) is 20.5. The van der Waals surface area contributed by atoms with Gasteiger partial charge in [-0.2, -0.15) is 0 Å². The number of halogens is 3. The fraction of sp³-hybridized carbons (Fsp3) is 0.355. The van der Waals surface area contributed by atoms with Crippen LogP contribution in [-0.2, 0) is 32.6 Å². The van der Waals surface area contributed by atoms with E-state index in [9.17, 15) is 18.0 Å². The number of ether oxygens (including phenoxy) is 1. The van der Waals surface area contributed by atoms with Crippen molar-refractivity contribution in [3.05, 3.63) is 92.9 Å². The Hall–Kier alpha value is -2.98. The van der Waals surface area contributed by atoms with Crippen molar-refractivity contribution in [2.45, 2.75) is 50.7 Å². The van der Waals surface area contributed by atoms with Gasteiger partial charge in [0.05, 0.1) is 19.1 Å². The summed E-state index contributed by atoms with van der Waals surface area (Å²) in [5, 5.41) is 4.13. The summed E-state index contributed by atoms with van der Waals surface area (Å²) in [6, 6.07) is 17.8. The maximum atomic E-state index is 14.3. The van der Waals surface area contributed by atoms with Crippen LogP contribution in [0.5, 0.6) is 5.75 Å². The average molecular weight is 667 g/mol. The van der Waals surface area contributed by atoms with Gasteiger partial charge in [0.1, 0.15) is 18.3 Å². The van der Waals surface area contributed by atoms with Crippen LogP contribution in [0.4, 0.5) is 5.69 Å². The van der Waals surface area contributed by atoms with Crippen molar-refractivity contribution >= 4 is 62.3 Å². The van der Waals surface area contributed by atoms with Gasteiger partial charge in [-0.15, -0.1) is 0 Å². The van der Waals surface area contributed by atoms with Crippen LogP contribution in [0, 0.1) is 0 Å². The molecule has 3 aromatic carbocycles. The van der Waals surface area contributed by atoms with E-state index < -0.39 is 28.5 Å². The van der Waals surface area contributed by atoms with Crippen molar-refractivity contribution in [1.82, 2.24) is 10.2 Å². The molecule has 230 valence electrons. The van der Waals surface area contributed by atoms with Gasteiger partial charge in [0.25, 0.3) is 0 Å². The number of hydrogen-bond acceptors (Lipinski definition) is 5. The van der Waals surface area contributed by atoms with Gasteiger partial charge < -0.3 is 15.0 Å². The number of hydrogen-bond donors (Lipinski definition) is 1. The highest BCUT2D eigenvalue weighted by atomic mass is 35.5. The van der Waals surface area contributed by atoms with E-state index in [1.165, 1.54) is 24.1 Å². The zero-order valence-corrected chi connectivity index (χ0v) is 27.0. The van der Waals surface area contributed by atoms with Gasteiger partial charge in [-0.3, -0.25) is 13.9 Å². The lowest BCUT2D eigenvalue weighted by atomic mass is 10.0. The topological polar surface area (TPSA) is 96.0 Å². The quantitative estimate of drug-likeness (QED) is 0.251. The predicted molar refractivity (Wildman–Crippen MR) is 172 cm³/mol. The molecular weight excluding hydrogens is 633 g/mol. The van der Waals surface area contributed by atoms with Crippen molar-refractivity contribution in [2.75, 3.05) is 24.2 Å². The molecule has 0 bridgehead atoms. The zero-order valence-electron chi connectivity index (χ0n) is 23.9. The summed E-state index contributed by atoms with van der Waals surface area (Å²) in [7, 11) is -2.61. The Labute approximate surface area is 267 Å². The van der Waals surface area contributed by atoms with Crippen LogP contribution in [-0.4, -0.2) is 57.1 Å². The second-order valence-corrected chi connectivity index (χ2v) is 13.7. The number of nitrogens with zero attached hydrogens (tertiary/aromatic N) is 2. The van der Waals surface area contributed by atoms with E-state index in [0.29, 0.717) is 15.6 Å². The van der Waals surface area contributed by atoms with E-state index in [0.717, 1.165) is 41.8 Å². The molecular formula is C31H34Cl3N3O5S. The van der Waals surface area contributed by atoms with E-state index in [1.54, 1.807) is 24.3 Å².